The van der Waals surface area contributed by atoms with Gasteiger partial charge in [0.25, 0.3) is 0 Å². The maximum absolute atomic E-state index is 10.1. The zero-order chi connectivity index (χ0) is 14.4. The van der Waals surface area contributed by atoms with Gasteiger partial charge in [0, 0.05) is 22.6 Å². The van der Waals surface area contributed by atoms with E-state index in [2.05, 4.69) is 36.8 Å². The van der Waals surface area contributed by atoms with E-state index in [1.54, 1.807) is 11.8 Å². The van der Waals surface area contributed by atoms with Gasteiger partial charge in [-0.3, -0.25) is 0 Å². The molecule has 1 aliphatic heterocycles. The average Bonchev–Trinajstić information content (AvgIpc) is 2.51. The van der Waals surface area contributed by atoms with Crippen LogP contribution in [0, 0.1) is 11.3 Å². The second kappa shape index (κ2) is 7.21. The molecule has 1 saturated heterocycles. The van der Waals surface area contributed by atoms with Crippen molar-refractivity contribution < 1.29 is 4.90 Å². The topological polar surface area (TPSA) is 28.2 Å². The molecule has 1 heterocycles. The fourth-order valence-corrected chi connectivity index (χ4v) is 4.40. The Morgan fingerprint density at radius 3 is 2.55 bits per heavy atom. The van der Waals surface area contributed by atoms with E-state index in [4.69, 9.17) is 0 Å². The van der Waals surface area contributed by atoms with Crippen LogP contribution in [0.3, 0.4) is 0 Å². The molecule has 0 aliphatic carbocycles. The van der Waals surface area contributed by atoms with Crippen LogP contribution in [0.4, 0.5) is 0 Å². The van der Waals surface area contributed by atoms with Gasteiger partial charge in [0.15, 0.2) is 0 Å². The Morgan fingerprint density at radius 2 is 2.00 bits per heavy atom. The molecule has 1 aromatic rings. The minimum absolute atomic E-state index is 0.536. The van der Waals surface area contributed by atoms with Crippen LogP contribution in [0.5, 0.6) is 0 Å². The Morgan fingerprint density at radius 1 is 1.35 bits per heavy atom. The molecule has 2 nitrogen and oxygen atoms in total. The SMILES string of the molecule is CSC=C(C)[C@](C#N)(c1ccccc1)[NH+]1CCSCC1. The van der Waals surface area contributed by atoms with Gasteiger partial charge in [0.1, 0.15) is 6.07 Å². The molecule has 0 bridgehead atoms. The van der Waals surface area contributed by atoms with Crippen LogP contribution in [0.1, 0.15) is 12.5 Å². The third kappa shape index (κ3) is 2.90. The van der Waals surface area contributed by atoms with Crippen molar-refractivity contribution in [2.75, 3.05) is 30.9 Å². The smallest absolute Gasteiger partial charge is 0.232 e. The van der Waals surface area contributed by atoms with E-state index in [9.17, 15) is 5.26 Å². The number of nitrogens with zero attached hydrogens (tertiary/aromatic N) is 1. The Bertz CT molecular complexity index is 501. The highest BCUT2D eigenvalue weighted by atomic mass is 32.2. The third-order valence-electron chi connectivity index (χ3n) is 3.89. The second-order valence-corrected chi connectivity index (χ2v) is 6.91. The number of nitrogens with one attached hydrogen (secondary N) is 1. The van der Waals surface area contributed by atoms with Crippen molar-refractivity contribution in [3.63, 3.8) is 0 Å². The molecule has 0 radical (unpaired) electrons. The second-order valence-electron chi connectivity index (χ2n) is 4.98. The van der Waals surface area contributed by atoms with Gasteiger partial charge in [0.2, 0.25) is 5.54 Å². The van der Waals surface area contributed by atoms with Gasteiger partial charge in [-0.15, -0.1) is 11.8 Å². The molecule has 1 aliphatic rings. The van der Waals surface area contributed by atoms with Crippen molar-refractivity contribution in [1.82, 2.24) is 0 Å². The van der Waals surface area contributed by atoms with Crippen LogP contribution in [0.2, 0.25) is 0 Å². The highest BCUT2D eigenvalue weighted by Crippen LogP contribution is 2.28. The Labute approximate surface area is 130 Å². The molecule has 0 saturated carbocycles. The monoisotopic (exact) mass is 305 g/mol. The maximum atomic E-state index is 10.1. The van der Waals surface area contributed by atoms with Gasteiger partial charge in [0.05, 0.1) is 13.1 Å². The van der Waals surface area contributed by atoms with E-state index < -0.39 is 5.54 Å². The van der Waals surface area contributed by atoms with Crippen LogP contribution in [-0.4, -0.2) is 30.9 Å². The lowest BCUT2D eigenvalue weighted by Gasteiger charge is -2.38. The molecular weight excluding hydrogens is 284 g/mol. The van der Waals surface area contributed by atoms with Crippen molar-refractivity contribution in [2.24, 2.45) is 0 Å². The molecule has 1 fully saturated rings. The van der Waals surface area contributed by atoms with Gasteiger partial charge >= 0.3 is 0 Å². The summed E-state index contributed by atoms with van der Waals surface area (Å²) < 4.78 is 0. The molecule has 0 amide bonds. The van der Waals surface area contributed by atoms with Crippen LogP contribution in [0.25, 0.3) is 0 Å². The zero-order valence-electron chi connectivity index (χ0n) is 12.1. The number of quaternary nitrogens is 1. The summed E-state index contributed by atoms with van der Waals surface area (Å²) in [5.74, 6) is 2.27. The molecule has 1 atom stereocenters. The van der Waals surface area contributed by atoms with Gasteiger partial charge in [-0.1, -0.05) is 30.3 Å². The highest BCUT2D eigenvalue weighted by Gasteiger charge is 2.45. The molecule has 4 heteroatoms. The third-order valence-corrected chi connectivity index (χ3v) is 5.46. The number of hydrogen-bond acceptors (Lipinski definition) is 3. The molecule has 2 rings (SSSR count). The summed E-state index contributed by atoms with van der Waals surface area (Å²) in [6.45, 7) is 4.20. The predicted molar refractivity (Wildman–Crippen MR) is 89.0 cm³/mol. The van der Waals surface area contributed by atoms with Crippen molar-refractivity contribution >= 4 is 23.5 Å². The first-order valence-electron chi connectivity index (χ1n) is 6.85. The lowest BCUT2D eigenvalue weighted by Crippen LogP contribution is -3.20. The predicted octanol–water partition coefficient (Wildman–Crippen LogP) is 2.30. The van der Waals surface area contributed by atoms with Crippen molar-refractivity contribution in [1.29, 1.82) is 5.26 Å². The van der Waals surface area contributed by atoms with Crippen molar-refractivity contribution in [3.05, 3.63) is 46.9 Å². The molecule has 0 unspecified atom stereocenters. The zero-order valence-corrected chi connectivity index (χ0v) is 13.7. The van der Waals surface area contributed by atoms with Crippen LogP contribution >= 0.6 is 23.5 Å². The van der Waals surface area contributed by atoms with E-state index in [0.717, 1.165) is 35.7 Å². The van der Waals surface area contributed by atoms with Crippen LogP contribution in [-0.2, 0) is 5.54 Å². The van der Waals surface area contributed by atoms with E-state index in [1.165, 1.54) is 4.90 Å². The summed E-state index contributed by atoms with van der Waals surface area (Å²) in [6.07, 6.45) is 2.05. The van der Waals surface area contributed by atoms with Gasteiger partial charge in [-0.25, -0.2) is 0 Å². The summed E-state index contributed by atoms with van der Waals surface area (Å²) in [6, 6.07) is 12.9. The summed E-state index contributed by atoms with van der Waals surface area (Å²) in [7, 11) is 0. The van der Waals surface area contributed by atoms with Gasteiger partial charge in [-0.2, -0.15) is 17.0 Å². The molecule has 1 aromatic carbocycles. The van der Waals surface area contributed by atoms with Crippen molar-refractivity contribution in [2.45, 2.75) is 12.5 Å². The largest absolute Gasteiger partial charge is 0.309 e. The first kappa shape index (κ1) is 15.5. The first-order chi connectivity index (χ1) is 9.75. The summed E-state index contributed by atoms with van der Waals surface area (Å²) >= 11 is 3.67. The number of nitriles is 1. The fraction of sp³-hybridized carbons (Fsp3) is 0.438. The number of thioether (sulfide) groups is 2. The minimum Gasteiger partial charge on any atom is -0.309 e. The molecule has 0 aromatic heterocycles. The lowest BCUT2D eigenvalue weighted by molar-refractivity contribution is -0.941. The van der Waals surface area contributed by atoms with Gasteiger partial charge in [-0.05, 0) is 18.6 Å². The van der Waals surface area contributed by atoms with E-state index in [1.807, 2.05) is 30.0 Å². The van der Waals surface area contributed by atoms with E-state index in [-0.39, 0.29) is 0 Å². The molecule has 0 spiro atoms. The molecule has 106 valence electrons. The number of benzene rings is 1. The Balaban J connectivity index is 2.52. The molecule has 1 N–H and O–H groups in total. The summed E-state index contributed by atoms with van der Waals surface area (Å²) in [4.78, 5) is 1.38. The highest BCUT2D eigenvalue weighted by molar-refractivity contribution is 8.01. The van der Waals surface area contributed by atoms with Crippen LogP contribution in [0.15, 0.2) is 41.3 Å². The quantitative estimate of drug-likeness (QED) is 0.925. The fourth-order valence-electron chi connectivity index (χ4n) is 2.89. The first-order valence-corrected chi connectivity index (χ1v) is 9.29. The summed E-state index contributed by atoms with van der Waals surface area (Å²) in [5.41, 5.74) is 1.73. The van der Waals surface area contributed by atoms with Crippen molar-refractivity contribution in [3.8, 4) is 6.07 Å². The molecular formula is C16H21N2S2+. The average molecular weight is 305 g/mol. The number of rotatable bonds is 4. The standard InChI is InChI=1S/C16H20N2S2/c1-14(12-19-2)16(13-17,15-6-4-3-5-7-15)18-8-10-20-11-9-18/h3-7,12H,8-11H2,1-2H3/p+1/t16-/m1/s1. The minimum atomic E-state index is -0.536. The molecule has 20 heavy (non-hydrogen) atoms. The Hall–Kier alpha value is -0.890. The lowest BCUT2D eigenvalue weighted by atomic mass is 9.83. The summed E-state index contributed by atoms with van der Waals surface area (Å²) in [5, 5.41) is 12.2. The number of hydrogen-bond donors (Lipinski definition) is 1. The van der Waals surface area contributed by atoms with Gasteiger partial charge < -0.3 is 4.90 Å². The van der Waals surface area contributed by atoms with Crippen LogP contribution < -0.4 is 4.90 Å². The maximum Gasteiger partial charge on any atom is 0.232 e. The normalized spacial score (nSPS) is 20.1. The Kier molecular flexibility index (Phi) is 5.59. The van der Waals surface area contributed by atoms with E-state index >= 15 is 0 Å². The van der Waals surface area contributed by atoms with E-state index in [0.29, 0.717) is 0 Å².